The predicted molar refractivity (Wildman–Crippen MR) is 109 cm³/mol. The molecule has 4 rings (SSSR count). The van der Waals surface area contributed by atoms with Crippen molar-refractivity contribution in [1.29, 1.82) is 0 Å². The van der Waals surface area contributed by atoms with Crippen molar-refractivity contribution in [3.8, 4) is 0 Å². The van der Waals surface area contributed by atoms with Gasteiger partial charge in [0.05, 0.1) is 30.7 Å². The van der Waals surface area contributed by atoms with Crippen LogP contribution in [0.1, 0.15) is 17.2 Å². The van der Waals surface area contributed by atoms with Gasteiger partial charge in [-0.05, 0) is 18.2 Å². The predicted octanol–water partition coefficient (Wildman–Crippen LogP) is 2.81. The number of pyridine rings is 1. The maximum Gasteiger partial charge on any atom is 0.490 e. The van der Waals surface area contributed by atoms with E-state index in [1.165, 1.54) is 5.69 Å². The van der Waals surface area contributed by atoms with Gasteiger partial charge in [-0.1, -0.05) is 6.07 Å². The van der Waals surface area contributed by atoms with E-state index in [2.05, 4.69) is 30.6 Å². The minimum atomic E-state index is -5.08. The standard InChI is InChI=1S/C16H18N6.2C2HF3O2/c1-2-5-17-14(4-1)11-20-8-9-22-15(10-18-16(22)13-20)12-21-7-3-6-19-21;2*3-2(4,5)1(6)7/h1-7,10H,8-9,11-13H2;2*(H,6,7). The van der Waals surface area contributed by atoms with Gasteiger partial charge in [0.1, 0.15) is 5.82 Å². The molecule has 0 amide bonds. The van der Waals surface area contributed by atoms with Crippen LogP contribution in [0.4, 0.5) is 26.3 Å². The molecular formula is C20H20F6N6O4. The molecule has 0 fully saturated rings. The summed E-state index contributed by atoms with van der Waals surface area (Å²) in [5.41, 5.74) is 2.33. The number of imidazole rings is 1. The van der Waals surface area contributed by atoms with E-state index in [-0.39, 0.29) is 0 Å². The number of aromatic nitrogens is 5. The van der Waals surface area contributed by atoms with E-state index >= 15 is 0 Å². The molecule has 0 aromatic carbocycles. The highest BCUT2D eigenvalue weighted by atomic mass is 19.4. The Morgan fingerprint density at radius 2 is 1.53 bits per heavy atom. The number of rotatable bonds is 4. The topological polar surface area (TPSA) is 126 Å². The third kappa shape index (κ3) is 9.01. The lowest BCUT2D eigenvalue weighted by atomic mass is 10.3. The van der Waals surface area contributed by atoms with Crippen LogP contribution in [0.25, 0.3) is 0 Å². The largest absolute Gasteiger partial charge is 0.490 e. The summed E-state index contributed by atoms with van der Waals surface area (Å²) in [6.07, 6.45) is -2.55. The second kappa shape index (κ2) is 12.1. The van der Waals surface area contributed by atoms with Crippen molar-refractivity contribution in [2.24, 2.45) is 0 Å². The quantitative estimate of drug-likeness (QED) is 0.501. The Morgan fingerprint density at radius 3 is 2.03 bits per heavy atom. The Hall–Kier alpha value is -3.95. The van der Waals surface area contributed by atoms with Gasteiger partial charge < -0.3 is 14.8 Å². The number of carbonyl (C=O) groups is 2. The van der Waals surface area contributed by atoms with Crippen LogP contribution in [-0.4, -0.2) is 70.3 Å². The summed E-state index contributed by atoms with van der Waals surface area (Å²) in [5, 5.41) is 18.5. The molecular weight excluding hydrogens is 502 g/mol. The van der Waals surface area contributed by atoms with Crippen molar-refractivity contribution < 1.29 is 46.1 Å². The highest BCUT2D eigenvalue weighted by Gasteiger charge is 2.38. The van der Waals surface area contributed by atoms with Crippen LogP contribution in [0.15, 0.2) is 49.1 Å². The zero-order valence-corrected chi connectivity index (χ0v) is 18.3. The molecule has 36 heavy (non-hydrogen) atoms. The summed E-state index contributed by atoms with van der Waals surface area (Å²) >= 11 is 0. The summed E-state index contributed by atoms with van der Waals surface area (Å²) in [6, 6.07) is 8.01. The van der Waals surface area contributed by atoms with Crippen molar-refractivity contribution in [1.82, 2.24) is 29.2 Å². The number of aliphatic carboxylic acids is 2. The van der Waals surface area contributed by atoms with Gasteiger partial charge in [0, 0.05) is 38.2 Å². The van der Waals surface area contributed by atoms with E-state index in [4.69, 9.17) is 19.8 Å². The van der Waals surface area contributed by atoms with Crippen LogP contribution in [0.2, 0.25) is 0 Å². The Bertz CT molecular complexity index is 1090. The Kier molecular flexibility index (Phi) is 9.54. The number of carboxylic acid groups (broad SMARTS) is 2. The van der Waals surface area contributed by atoms with E-state index in [9.17, 15) is 26.3 Å². The molecule has 10 nitrogen and oxygen atoms in total. The first-order valence-corrected chi connectivity index (χ1v) is 10.0. The molecule has 3 aromatic heterocycles. The fraction of sp³-hybridized carbons (Fsp3) is 0.350. The van der Waals surface area contributed by atoms with Crippen molar-refractivity contribution in [3.05, 3.63) is 66.3 Å². The number of halogens is 6. The zero-order valence-electron chi connectivity index (χ0n) is 18.3. The van der Waals surface area contributed by atoms with Gasteiger partial charge in [-0.2, -0.15) is 31.4 Å². The molecule has 0 aliphatic carbocycles. The summed E-state index contributed by atoms with van der Waals surface area (Å²) in [6.45, 7) is 4.52. The van der Waals surface area contributed by atoms with Crippen LogP contribution < -0.4 is 0 Å². The normalized spacial score (nSPS) is 13.5. The van der Waals surface area contributed by atoms with Crippen molar-refractivity contribution in [3.63, 3.8) is 0 Å². The van der Waals surface area contributed by atoms with E-state index in [1.54, 1.807) is 0 Å². The van der Waals surface area contributed by atoms with Crippen molar-refractivity contribution in [2.45, 2.75) is 38.5 Å². The van der Waals surface area contributed by atoms with E-state index < -0.39 is 24.3 Å². The smallest absolute Gasteiger partial charge is 0.475 e. The number of nitrogens with zero attached hydrogens (tertiary/aromatic N) is 6. The van der Waals surface area contributed by atoms with E-state index in [0.717, 1.165) is 44.2 Å². The lowest BCUT2D eigenvalue weighted by Gasteiger charge is -2.28. The number of carboxylic acids is 2. The van der Waals surface area contributed by atoms with Gasteiger partial charge >= 0.3 is 24.3 Å². The van der Waals surface area contributed by atoms with Gasteiger partial charge in [0.2, 0.25) is 0 Å². The molecule has 0 bridgehead atoms. The second-order valence-electron chi connectivity index (χ2n) is 7.16. The van der Waals surface area contributed by atoms with Gasteiger partial charge in [-0.25, -0.2) is 14.6 Å². The lowest BCUT2D eigenvalue weighted by Crippen LogP contribution is -2.34. The minimum absolute atomic E-state index is 0.778. The molecule has 2 N–H and O–H groups in total. The molecule has 0 saturated carbocycles. The summed E-state index contributed by atoms with van der Waals surface area (Å²) in [7, 11) is 0. The average Bonchev–Trinajstić information content (AvgIpc) is 3.44. The van der Waals surface area contributed by atoms with Crippen LogP contribution in [0.5, 0.6) is 0 Å². The third-order valence-corrected chi connectivity index (χ3v) is 4.51. The molecule has 1 aliphatic rings. The zero-order chi connectivity index (χ0) is 26.9. The number of alkyl halides is 6. The Balaban J connectivity index is 0.000000271. The van der Waals surface area contributed by atoms with Crippen molar-refractivity contribution in [2.75, 3.05) is 6.54 Å². The first kappa shape index (κ1) is 28.3. The molecule has 0 spiro atoms. The van der Waals surface area contributed by atoms with Gasteiger partial charge in [0.15, 0.2) is 0 Å². The van der Waals surface area contributed by atoms with Crippen LogP contribution in [0.3, 0.4) is 0 Å². The Morgan fingerprint density at radius 1 is 0.889 bits per heavy atom. The van der Waals surface area contributed by atoms with E-state index in [1.807, 2.05) is 47.7 Å². The fourth-order valence-electron chi connectivity index (χ4n) is 2.92. The molecule has 1 aliphatic heterocycles. The molecule has 3 aromatic rings. The van der Waals surface area contributed by atoms with Crippen LogP contribution in [0, 0.1) is 0 Å². The SMILES string of the molecule is O=C(O)C(F)(F)F.O=C(O)C(F)(F)F.c1ccc(CN2CCn3c(Cn4cccn4)cnc3C2)nc1. The molecule has 196 valence electrons. The maximum atomic E-state index is 10.6. The highest BCUT2D eigenvalue weighted by Crippen LogP contribution is 2.17. The third-order valence-electron chi connectivity index (χ3n) is 4.51. The lowest BCUT2D eigenvalue weighted by molar-refractivity contribution is -0.193. The summed E-state index contributed by atoms with van der Waals surface area (Å²) in [5.74, 6) is -4.38. The van der Waals surface area contributed by atoms with Crippen LogP contribution >= 0.6 is 0 Å². The second-order valence-corrected chi connectivity index (χ2v) is 7.16. The molecule has 0 radical (unpaired) electrons. The fourth-order valence-corrected chi connectivity index (χ4v) is 2.92. The molecule has 16 heteroatoms. The molecule has 0 saturated heterocycles. The maximum absolute atomic E-state index is 10.6. The Labute approximate surface area is 199 Å². The summed E-state index contributed by atoms with van der Waals surface area (Å²) in [4.78, 5) is 29.2. The first-order chi connectivity index (χ1) is 16.8. The number of hydrogen-bond acceptors (Lipinski definition) is 6. The number of hydrogen-bond donors (Lipinski definition) is 2. The highest BCUT2D eigenvalue weighted by molar-refractivity contribution is 5.73. The monoisotopic (exact) mass is 522 g/mol. The van der Waals surface area contributed by atoms with Crippen molar-refractivity contribution >= 4 is 11.9 Å². The van der Waals surface area contributed by atoms with Gasteiger partial charge in [-0.15, -0.1) is 0 Å². The molecule has 0 atom stereocenters. The van der Waals surface area contributed by atoms with Gasteiger partial charge in [-0.3, -0.25) is 14.6 Å². The average molecular weight is 522 g/mol. The first-order valence-electron chi connectivity index (χ1n) is 10.0. The van der Waals surface area contributed by atoms with Gasteiger partial charge in [0.25, 0.3) is 0 Å². The van der Waals surface area contributed by atoms with Crippen LogP contribution in [-0.2, 0) is 35.8 Å². The minimum Gasteiger partial charge on any atom is -0.475 e. The molecule has 0 unspecified atom stereocenters. The number of fused-ring (bicyclic) bond motifs is 1. The summed E-state index contributed by atoms with van der Waals surface area (Å²) < 4.78 is 67.7. The van der Waals surface area contributed by atoms with E-state index in [0.29, 0.717) is 0 Å². The molecule has 4 heterocycles.